The third-order valence-corrected chi connectivity index (χ3v) is 4.23. The minimum atomic E-state index is 0. The van der Waals surface area contributed by atoms with Gasteiger partial charge >= 0.3 is 0 Å². The van der Waals surface area contributed by atoms with Crippen LogP contribution in [0.5, 0.6) is 0 Å². The van der Waals surface area contributed by atoms with Crippen LogP contribution in [0.2, 0.25) is 0 Å². The summed E-state index contributed by atoms with van der Waals surface area (Å²) < 4.78 is 11.1. The van der Waals surface area contributed by atoms with Crippen molar-refractivity contribution >= 4 is 35.8 Å². The predicted octanol–water partition coefficient (Wildman–Crippen LogP) is 2.26. The van der Waals surface area contributed by atoms with E-state index in [-0.39, 0.29) is 36.0 Å². The fourth-order valence-corrected chi connectivity index (χ4v) is 2.70. The monoisotopic (exact) mass is 504 g/mol. The van der Waals surface area contributed by atoms with Crippen LogP contribution in [0.3, 0.4) is 0 Å². The lowest BCUT2D eigenvalue weighted by molar-refractivity contribution is 0.0420. The number of carbonyl (C=O) groups excluding carboxylic acids is 1. The van der Waals surface area contributed by atoms with Crippen LogP contribution in [-0.4, -0.2) is 69.9 Å². The highest BCUT2D eigenvalue weighted by atomic mass is 127. The number of carbonyl (C=O) groups is 1. The third kappa shape index (κ3) is 8.74. The molecule has 1 heterocycles. The van der Waals surface area contributed by atoms with Gasteiger partial charge in [0.1, 0.15) is 0 Å². The molecule has 0 bridgehead atoms. The molecule has 0 spiro atoms. The summed E-state index contributed by atoms with van der Waals surface area (Å²) in [5.41, 5.74) is 1.75. The molecule has 0 saturated carbocycles. The number of benzene rings is 1. The molecule has 1 amide bonds. The lowest BCUT2D eigenvalue weighted by Gasteiger charge is -2.13. The molecule has 1 atom stereocenters. The Bertz CT molecular complexity index is 602. The standard InChI is InChI=1S/C20H32N4O3.HI/c1-4-21-20(22-11-5-12-27-18-10-13-26-15-18)23-14-16-6-8-17(9-7-16)19(25)24(2)3;/h6-9,18H,4-5,10-15H2,1-3H3,(H2,21,22,23);1H. The van der Waals surface area contributed by atoms with Crippen LogP contribution in [0.4, 0.5) is 0 Å². The van der Waals surface area contributed by atoms with E-state index in [0.29, 0.717) is 12.1 Å². The summed E-state index contributed by atoms with van der Waals surface area (Å²) in [6.45, 7) is 6.46. The third-order valence-electron chi connectivity index (χ3n) is 4.23. The van der Waals surface area contributed by atoms with Crippen molar-refractivity contribution in [2.24, 2.45) is 4.99 Å². The average molecular weight is 504 g/mol. The number of guanidine groups is 1. The molecule has 7 nitrogen and oxygen atoms in total. The van der Waals surface area contributed by atoms with E-state index in [1.165, 1.54) is 0 Å². The van der Waals surface area contributed by atoms with E-state index in [2.05, 4.69) is 15.6 Å². The second-order valence-electron chi connectivity index (χ2n) is 6.73. The van der Waals surface area contributed by atoms with Crippen molar-refractivity contribution in [3.05, 3.63) is 35.4 Å². The number of hydrogen-bond donors (Lipinski definition) is 2. The molecule has 8 heteroatoms. The van der Waals surface area contributed by atoms with Crippen molar-refractivity contribution < 1.29 is 14.3 Å². The Morgan fingerprint density at radius 1 is 1.29 bits per heavy atom. The number of nitrogens with zero attached hydrogens (tertiary/aromatic N) is 2. The number of amides is 1. The van der Waals surface area contributed by atoms with Gasteiger partial charge in [-0.1, -0.05) is 12.1 Å². The Hall–Kier alpha value is -1.39. The zero-order chi connectivity index (χ0) is 19.5. The van der Waals surface area contributed by atoms with Crippen LogP contribution >= 0.6 is 24.0 Å². The fourth-order valence-electron chi connectivity index (χ4n) is 2.70. The van der Waals surface area contributed by atoms with Gasteiger partial charge in [0.05, 0.1) is 19.3 Å². The van der Waals surface area contributed by atoms with Gasteiger partial charge in [-0.3, -0.25) is 4.79 Å². The SMILES string of the molecule is CCNC(=NCc1ccc(C(=O)N(C)C)cc1)NCCCOC1CCOC1.I. The minimum Gasteiger partial charge on any atom is -0.379 e. The molecule has 0 aromatic heterocycles. The van der Waals surface area contributed by atoms with Crippen LogP contribution in [0.15, 0.2) is 29.3 Å². The van der Waals surface area contributed by atoms with E-state index in [9.17, 15) is 4.79 Å². The first-order valence-electron chi connectivity index (χ1n) is 9.62. The molecular formula is C20H33IN4O3. The van der Waals surface area contributed by atoms with Gasteiger partial charge in [0.25, 0.3) is 5.91 Å². The van der Waals surface area contributed by atoms with E-state index < -0.39 is 0 Å². The van der Waals surface area contributed by atoms with E-state index in [4.69, 9.17) is 9.47 Å². The number of rotatable bonds is 9. The number of aliphatic imine (C=N–C) groups is 1. The highest BCUT2D eigenvalue weighted by molar-refractivity contribution is 14.0. The van der Waals surface area contributed by atoms with Crippen molar-refractivity contribution in [3.8, 4) is 0 Å². The quantitative estimate of drug-likeness (QED) is 0.234. The van der Waals surface area contributed by atoms with Gasteiger partial charge in [-0.25, -0.2) is 4.99 Å². The van der Waals surface area contributed by atoms with E-state index >= 15 is 0 Å². The lowest BCUT2D eigenvalue weighted by atomic mass is 10.1. The first kappa shape index (κ1) is 24.6. The summed E-state index contributed by atoms with van der Waals surface area (Å²) in [5, 5.41) is 6.57. The van der Waals surface area contributed by atoms with E-state index in [0.717, 1.165) is 57.3 Å². The van der Waals surface area contributed by atoms with Gasteiger partial charge < -0.3 is 25.0 Å². The first-order chi connectivity index (χ1) is 13.1. The summed E-state index contributed by atoms with van der Waals surface area (Å²) >= 11 is 0. The molecule has 0 aliphatic carbocycles. The Morgan fingerprint density at radius 3 is 2.64 bits per heavy atom. The molecule has 2 rings (SSSR count). The fraction of sp³-hybridized carbons (Fsp3) is 0.600. The Kier molecular flexibility index (Phi) is 12.1. The predicted molar refractivity (Wildman–Crippen MR) is 122 cm³/mol. The van der Waals surface area contributed by atoms with Crippen LogP contribution in [0, 0.1) is 0 Å². The molecule has 158 valence electrons. The molecule has 1 aliphatic rings. The second-order valence-corrected chi connectivity index (χ2v) is 6.73. The normalized spacial score (nSPS) is 16.4. The molecule has 1 unspecified atom stereocenters. The molecule has 0 radical (unpaired) electrons. The van der Waals surface area contributed by atoms with Gasteiger partial charge in [-0.15, -0.1) is 24.0 Å². The number of nitrogens with one attached hydrogen (secondary N) is 2. The molecule has 1 fully saturated rings. The number of hydrogen-bond acceptors (Lipinski definition) is 4. The van der Waals surface area contributed by atoms with Crippen molar-refractivity contribution in [2.45, 2.75) is 32.4 Å². The summed E-state index contributed by atoms with van der Waals surface area (Å²) in [5.74, 6) is 0.793. The van der Waals surface area contributed by atoms with Gasteiger partial charge in [0, 0.05) is 46.0 Å². The zero-order valence-electron chi connectivity index (χ0n) is 17.1. The maximum atomic E-state index is 11.9. The van der Waals surface area contributed by atoms with Crippen molar-refractivity contribution in [1.29, 1.82) is 0 Å². The number of ether oxygens (including phenoxy) is 2. The lowest BCUT2D eigenvalue weighted by Crippen LogP contribution is -2.38. The summed E-state index contributed by atoms with van der Waals surface area (Å²) in [4.78, 5) is 18.1. The Labute approximate surface area is 185 Å². The van der Waals surface area contributed by atoms with Crippen LogP contribution < -0.4 is 10.6 Å². The average Bonchev–Trinajstić information content (AvgIpc) is 3.19. The van der Waals surface area contributed by atoms with Gasteiger partial charge in [0.2, 0.25) is 0 Å². The molecular weight excluding hydrogens is 471 g/mol. The Balaban J connectivity index is 0.00000392. The smallest absolute Gasteiger partial charge is 0.253 e. The number of halogens is 1. The van der Waals surface area contributed by atoms with Crippen molar-refractivity contribution in [1.82, 2.24) is 15.5 Å². The van der Waals surface area contributed by atoms with Gasteiger partial charge in [-0.2, -0.15) is 0 Å². The molecule has 1 saturated heterocycles. The van der Waals surface area contributed by atoms with E-state index in [1.807, 2.05) is 31.2 Å². The van der Waals surface area contributed by atoms with Crippen molar-refractivity contribution in [3.63, 3.8) is 0 Å². The zero-order valence-corrected chi connectivity index (χ0v) is 19.4. The second kappa shape index (κ2) is 13.7. The first-order valence-corrected chi connectivity index (χ1v) is 9.62. The molecule has 2 N–H and O–H groups in total. The molecule has 1 aromatic carbocycles. The summed E-state index contributed by atoms with van der Waals surface area (Å²) in [6.07, 6.45) is 2.17. The molecule has 1 aliphatic heterocycles. The van der Waals surface area contributed by atoms with Gasteiger partial charge in [-0.05, 0) is 37.5 Å². The topological polar surface area (TPSA) is 75.2 Å². The highest BCUT2D eigenvalue weighted by Crippen LogP contribution is 2.08. The summed E-state index contributed by atoms with van der Waals surface area (Å²) in [7, 11) is 3.50. The minimum absolute atomic E-state index is 0. The Morgan fingerprint density at radius 2 is 2.04 bits per heavy atom. The molecule has 1 aromatic rings. The maximum Gasteiger partial charge on any atom is 0.253 e. The van der Waals surface area contributed by atoms with Crippen LogP contribution in [-0.2, 0) is 16.0 Å². The van der Waals surface area contributed by atoms with Crippen molar-refractivity contribution in [2.75, 3.05) is 47.0 Å². The van der Waals surface area contributed by atoms with Gasteiger partial charge in [0.15, 0.2) is 5.96 Å². The summed E-state index contributed by atoms with van der Waals surface area (Å²) in [6, 6.07) is 7.58. The van der Waals surface area contributed by atoms with E-state index in [1.54, 1.807) is 19.0 Å². The molecule has 28 heavy (non-hydrogen) atoms. The van der Waals surface area contributed by atoms with Crippen LogP contribution in [0.25, 0.3) is 0 Å². The largest absolute Gasteiger partial charge is 0.379 e. The highest BCUT2D eigenvalue weighted by Gasteiger charge is 2.15. The maximum absolute atomic E-state index is 11.9. The van der Waals surface area contributed by atoms with Crippen LogP contribution in [0.1, 0.15) is 35.7 Å².